The third-order valence-electron chi connectivity index (χ3n) is 1.98. The summed E-state index contributed by atoms with van der Waals surface area (Å²) in [5.41, 5.74) is 1.14. The number of rotatable bonds is 3. The Morgan fingerprint density at radius 3 is 2.71 bits per heavy atom. The van der Waals surface area contributed by atoms with Crippen molar-refractivity contribution in [3.63, 3.8) is 0 Å². The van der Waals surface area contributed by atoms with Gasteiger partial charge in [-0.3, -0.25) is 0 Å². The largest absolute Gasteiger partial charge is 0.223 e. The van der Waals surface area contributed by atoms with Gasteiger partial charge in [0, 0.05) is 24.1 Å². The summed E-state index contributed by atoms with van der Waals surface area (Å²) < 4.78 is 6.15. The van der Waals surface area contributed by atoms with Crippen LogP contribution in [-0.4, -0.2) is 9.36 Å². The van der Waals surface area contributed by atoms with Crippen LogP contribution in [0.4, 0.5) is 0 Å². The van der Waals surface area contributed by atoms with E-state index in [9.17, 15) is 0 Å². The van der Waals surface area contributed by atoms with Crippen molar-refractivity contribution in [3.8, 4) is 10.6 Å². The Labute approximate surface area is 87.2 Å². The molecule has 0 aliphatic carbocycles. The molecule has 0 aliphatic heterocycles. The number of hydrogen-bond acceptors (Lipinski definition) is 3. The Morgan fingerprint density at radius 1 is 1.36 bits per heavy atom. The minimum atomic E-state index is 0.980. The van der Waals surface area contributed by atoms with Gasteiger partial charge >= 0.3 is 0 Å². The van der Waals surface area contributed by atoms with Gasteiger partial charge in [0.15, 0.2) is 12.4 Å². The fraction of sp³-hybridized carbons (Fsp3) is 0.300. The van der Waals surface area contributed by atoms with Crippen LogP contribution in [0, 0.1) is 0 Å². The zero-order valence-corrected chi connectivity index (χ0v) is 8.87. The van der Waals surface area contributed by atoms with E-state index in [0.717, 1.165) is 23.5 Å². The fourth-order valence-corrected chi connectivity index (χ4v) is 1.84. The highest BCUT2D eigenvalue weighted by Gasteiger charge is 2.03. The van der Waals surface area contributed by atoms with Crippen molar-refractivity contribution in [2.75, 3.05) is 0 Å². The van der Waals surface area contributed by atoms with Crippen LogP contribution in [-0.2, 0) is 6.54 Å². The lowest BCUT2D eigenvalue weighted by Crippen LogP contribution is -2.31. The normalized spacial score (nSPS) is 10.4. The van der Waals surface area contributed by atoms with Gasteiger partial charge < -0.3 is 0 Å². The summed E-state index contributed by atoms with van der Waals surface area (Å²) in [4.78, 5) is 4.16. The quantitative estimate of drug-likeness (QED) is 0.718. The van der Waals surface area contributed by atoms with Crippen LogP contribution in [0.5, 0.6) is 0 Å². The standard InChI is InChI=1S/C10H12N3S/c1-2-5-13-6-3-9(4-7-13)10-11-8-12-14-10/h3-4,6-8H,2,5H2,1H3/q+1. The molecular formula is C10H12N3S+. The van der Waals surface area contributed by atoms with Gasteiger partial charge in [0.1, 0.15) is 17.9 Å². The predicted octanol–water partition coefficient (Wildman–Crippen LogP) is 1.90. The van der Waals surface area contributed by atoms with Crippen LogP contribution in [0.3, 0.4) is 0 Å². The molecule has 2 rings (SSSR count). The molecule has 0 saturated carbocycles. The Balaban J connectivity index is 2.22. The maximum atomic E-state index is 4.16. The van der Waals surface area contributed by atoms with Gasteiger partial charge in [-0.15, -0.1) is 0 Å². The van der Waals surface area contributed by atoms with E-state index in [4.69, 9.17) is 0 Å². The highest BCUT2D eigenvalue weighted by atomic mass is 32.1. The van der Waals surface area contributed by atoms with Crippen molar-refractivity contribution in [2.45, 2.75) is 19.9 Å². The molecule has 0 saturated heterocycles. The zero-order chi connectivity index (χ0) is 9.80. The Morgan fingerprint density at radius 2 is 2.14 bits per heavy atom. The first kappa shape index (κ1) is 9.27. The minimum Gasteiger partial charge on any atom is -0.223 e. The average molecular weight is 206 g/mol. The Hall–Kier alpha value is -1.29. The fourth-order valence-electron chi connectivity index (χ4n) is 1.31. The van der Waals surface area contributed by atoms with Crippen LogP contribution in [0.2, 0.25) is 0 Å². The van der Waals surface area contributed by atoms with Gasteiger partial charge in [-0.2, -0.15) is 4.37 Å². The van der Waals surface area contributed by atoms with E-state index in [0.29, 0.717) is 0 Å². The number of hydrogen-bond donors (Lipinski definition) is 0. The van der Waals surface area contributed by atoms with E-state index in [1.54, 1.807) is 6.33 Å². The topological polar surface area (TPSA) is 29.7 Å². The van der Waals surface area contributed by atoms with E-state index >= 15 is 0 Å². The monoisotopic (exact) mass is 206 g/mol. The molecule has 2 aromatic rings. The van der Waals surface area contributed by atoms with E-state index in [-0.39, 0.29) is 0 Å². The first-order chi connectivity index (χ1) is 6.90. The van der Waals surface area contributed by atoms with Crippen molar-refractivity contribution in [3.05, 3.63) is 30.9 Å². The molecule has 0 aliphatic rings. The molecule has 0 bridgehead atoms. The molecule has 0 N–H and O–H groups in total. The van der Waals surface area contributed by atoms with Crippen LogP contribution >= 0.6 is 11.5 Å². The number of aryl methyl sites for hydroxylation is 1. The third kappa shape index (κ3) is 1.96. The molecule has 0 aromatic carbocycles. The smallest absolute Gasteiger partial charge is 0.169 e. The number of nitrogens with zero attached hydrogens (tertiary/aromatic N) is 3. The summed E-state index contributed by atoms with van der Waals surface area (Å²) in [5, 5.41) is 0.980. The summed E-state index contributed by atoms with van der Waals surface area (Å²) in [6, 6.07) is 4.16. The second kappa shape index (κ2) is 4.28. The second-order valence-electron chi connectivity index (χ2n) is 3.07. The molecule has 0 fully saturated rings. The molecule has 3 nitrogen and oxygen atoms in total. The van der Waals surface area contributed by atoms with Crippen molar-refractivity contribution >= 4 is 11.5 Å². The maximum absolute atomic E-state index is 4.16. The van der Waals surface area contributed by atoms with Crippen molar-refractivity contribution in [1.29, 1.82) is 0 Å². The van der Waals surface area contributed by atoms with Crippen molar-refractivity contribution in [2.24, 2.45) is 0 Å². The van der Waals surface area contributed by atoms with E-state index in [2.05, 4.69) is 45.4 Å². The molecular weight excluding hydrogens is 194 g/mol. The van der Waals surface area contributed by atoms with Crippen molar-refractivity contribution in [1.82, 2.24) is 9.36 Å². The SMILES string of the molecule is CCC[n+]1ccc(-c2ncns2)cc1. The summed E-state index contributed by atoms with van der Waals surface area (Å²) in [7, 11) is 0. The zero-order valence-electron chi connectivity index (χ0n) is 8.05. The van der Waals surface area contributed by atoms with E-state index in [1.165, 1.54) is 11.5 Å². The first-order valence-electron chi connectivity index (χ1n) is 4.66. The number of aromatic nitrogens is 3. The molecule has 0 unspecified atom stereocenters. The molecule has 0 spiro atoms. The minimum absolute atomic E-state index is 0.980. The lowest BCUT2D eigenvalue weighted by Gasteiger charge is -1.95. The summed E-state index contributed by atoms with van der Waals surface area (Å²) in [6.45, 7) is 3.24. The van der Waals surface area contributed by atoms with Gasteiger partial charge in [0.25, 0.3) is 0 Å². The van der Waals surface area contributed by atoms with Gasteiger partial charge in [0.05, 0.1) is 0 Å². The van der Waals surface area contributed by atoms with Gasteiger partial charge in [-0.25, -0.2) is 9.55 Å². The van der Waals surface area contributed by atoms with Crippen LogP contribution in [0.25, 0.3) is 10.6 Å². The van der Waals surface area contributed by atoms with E-state index < -0.39 is 0 Å². The third-order valence-corrected chi connectivity index (χ3v) is 2.69. The number of pyridine rings is 1. The lowest BCUT2D eigenvalue weighted by molar-refractivity contribution is -0.696. The summed E-state index contributed by atoms with van der Waals surface area (Å²) in [6.07, 6.45) is 6.91. The molecule has 0 atom stereocenters. The first-order valence-corrected chi connectivity index (χ1v) is 5.43. The highest BCUT2D eigenvalue weighted by molar-refractivity contribution is 7.09. The van der Waals surface area contributed by atoms with Crippen molar-refractivity contribution < 1.29 is 4.57 Å². The predicted molar refractivity (Wildman–Crippen MR) is 55.8 cm³/mol. The summed E-state index contributed by atoms with van der Waals surface area (Å²) >= 11 is 1.42. The molecule has 2 heterocycles. The molecule has 2 aromatic heterocycles. The highest BCUT2D eigenvalue weighted by Crippen LogP contribution is 2.17. The van der Waals surface area contributed by atoms with Gasteiger partial charge in [-0.05, 0) is 11.5 Å². The molecule has 4 heteroatoms. The van der Waals surface area contributed by atoms with Gasteiger partial charge in [0.2, 0.25) is 0 Å². The van der Waals surface area contributed by atoms with Crippen LogP contribution in [0.1, 0.15) is 13.3 Å². The van der Waals surface area contributed by atoms with Gasteiger partial charge in [-0.1, -0.05) is 6.92 Å². The molecule has 0 amide bonds. The average Bonchev–Trinajstić information content (AvgIpc) is 2.72. The summed E-state index contributed by atoms with van der Waals surface area (Å²) in [5.74, 6) is 0. The lowest BCUT2D eigenvalue weighted by atomic mass is 10.3. The Bertz CT molecular complexity index is 380. The van der Waals surface area contributed by atoms with E-state index in [1.807, 2.05) is 0 Å². The second-order valence-corrected chi connectivity index (χ2v) is 3.85. The molecule has 72 valence electrons. The maximum Gasteiger partial charge on any atom is 0.169 e. The molecule has 14 heavy (non-hydrogen) atoms. The van der Waals surface area contributed by atoms with Crippen LogP contribution in [0.15, 0.2) is 30.9 Å². The van der Waals surface area contributed by atoms with Crippen LogP contribution < -0.4 is 4.57 Å². The molecule has 0 radical (unpaired) electrons. The Kier molecular flexibility index (Phi) is 2.84.